The zero-order valence-electron chi connectivity index (χ0n) is 11.0. The Kier molecular flexibility index (Phi) is 5.18. The van der Waals surface area contributed by atoms with Crippen LogP contribution in [0, 0.1) is 3.57 Å². The number of rotatable bonds is 4. The van der Waals surface area contributed by atoms with Crippen LogP contribution >= 0.6 is 34.2 Å². The van der Waals surface area contributed by atoms with Crippen molar-refractivity contribution in [3.05, 3.63) is 49.7 Å². The summed E-state index contributed by atoms with van der Waals surface area (Å²) in [6.07, 6.45) is 1.25. The van der Waals surface area contributed by atoms with Crippen LogP contribution in [0.4, 0.5) is 5.69 Å². The number of anilines is 1. The molecule has 0 aliphatic rings. The van der Waals surface area contributed by atoms with Gasteiger partial charge in [0.15, 0.2) is 0 Å². The Balaban J connectivity index is 2.12. The standard InChI is InChI=1S/C13H11ClIN3O3/c1-21-9-4-2-3-8(5-9)17-10(19)6-18-7-16-12(14)11(15)13(18)20/h2-5,7H,6H2,1H3,(H,17,19). The van der Waals surface area contributed by atoms with Gasteiger partial charge in [-0.05, 0) is 34.7 Å². The molecule has 0 radical (unpaired) electrons. The van der Waals surface area contributed by atoms with Crippen LogP contribution in [0.2, 0.25) is 5.15 Å². The summed E-state index contributed by atoms with van der Waals surface area (Å²) in [5.41, 5.74) is 0.236. The smallest absolute Gasteiger partial charge is 0.268 e. The van der Waals surface area contributed by atoms with Gasteiger partial charge in [-0.15, -0.1) is 0 Å². The summed E-state index contributed by atoms with van der Waals surface area (Å²) >= 11 is 7.54. The zero-order chi connectivity index (χ0) is 15.4. The quantitative estimate of drug-likeness (QED) is 0.609. The second-order valence-electron chi connectivity index (χ2n) is 4.06. The number of methoxy groups -OCH3 is 1. The Morgan fingerprint density at radius 2 is 2.29 bits per heavy atom. The molecule has 6 nitrogen and oxygen atoms in total. The first-order valence-electron chi connectivity index (χ1n) is 5.85. The second-order valence-corrected chi connectivity index (χ2v) is 5.50. The van der Waals surface area contributed by atoms with Crippen molar-refractivity contribution in [2.24, 2.45) is 0 Å². The highest BCUT2D eigenvalue weighted by Gasteiger charge is 2.10. The van der Waals surface area contributed by atoms with Crippen LogP contribution < -0.4 is 15.6 Å². The Hall–Kier alpha value is -1.61. The maximum Gasteiger partial charge on any atom is 0.268 e. The number of benzene rings is 1. The molecule has 110 valence electrons. The monoisotopic (exact) mass is 419 g/mol. The van der Waals surface area contributed by atoms with Crippen molar-refractivity contribution >= 4 is 45.8 Å². The number of ether oxygens (including phenoxy) is 1. The lowest BCUT2D eigenvalue weighted by Gasteiger charge is -2.08. The fourth-order valence-corrected chi connectivity index (χ4v) is 2.19. The first kappa shape index (κ1) is 15.8. The lowest BCUT2D eigenvalue weighted by atomic mass is 10.3. The van der Waals surface area contributed by atoms with Crippen molar-refractivity contribution in [3.63, 3.8) is 0 Å². The van der Waals surface area contributed by atoms with Crippen LogP contribution in [0.5, 0.6) is 5.75 Å². The number of carbonyl (C=O) groups is 1. The van der Waals surface area contributed by atoms with Gasteiger partial charge in [0.2, 0.25) is 5.91 Å². The normalized spacial score (nSPS) is 10.2. The van der Waals surface area contributed by atoms with Crippen molar-refractivity contribution in [3.8, 4) is 5.75 Å². The van der Waals surface area contributed by atoms with E-state index in [0.717, 1.165) is 0 Å². The molecule has 0 fully saturated rings. The van der Waals surface area contributed by atoms with Crippen molar-refractivity contribution < 1.29 is 9.53 Å². The van der Waals surface area contributed by atoms with Gasteiger partial charge in [-0.25, -0.2) is 4.98 Å². The average molecular weight is 420 g/mol. The summed E-state index contributed by atoms with van der Waals surface area (Å²) in [5.74, 6) is 0.290. The van der Waals surface area contributed by atoms with Crippen LogP contribution in [0.3, 0.4) is 0 Å². The molecule has 0 unspecified atom stereocenters. The molecule has 21 heavy (non-hydrogen) atoms. The molecule has 0 spiro atoms. The molecule has 2 aromatic rings. The number of hydrogen-bond donors (Lipinski definition) is 1. The van der Waals surface area contributed by atoms with Gasteiger partial charge in [-0.2, -0.15) is 0 Å². The molecule has 0 atom stereocenters. The van der Waals surface area contributed by atoms with Gasteiger partial charge >= 0.3 is 0 Å². The average Bonchev–Trinajstić information content (AvgIpc) is 2.48. The lowest BCUT2D eigenvalue weighted by molar-refractivity contribution is -0.116. The Labute approximate surface area is 139 Å². The van der Waals surface area contributed by atoms with Crippen LogP contribution in [0.25, 0.3) is 0 Å². The number of nitrogens with one attached hydrogen (secondary N) is 1. The van der Waals surface area contributed by atoms with Gasteiger partial charge in [0, 0.05) is 11.8 Å². The van der Waals surface area contributed by atoms with Crippen molar-refractivity contribution in [2.45, 2.75) is 6.54 Å². The molecule has 1 heterocycles. The fraction of sp³-hybridized carbons (Fsp3) is 0.154. The van der Waals surface area contributed by atoms with E-state index in [9.17, 15) is 9.59 Å². The topological polar surface area (TPSA) is 73.2 Å². The molecule has 0 aliphatic heterocycles. The highest BCUT2D eigenvalue weighted by Crippen LogP contribution is 2.16. The Morgan fingerprint density at radius 1 is 1.52 bits per heavy atom. The minimum absolute atomic E-state index is 0.130. The number of aromatic nitrogens is 2. The Bertz CT molecular complexity index is 733. The number of nitrogens with zero attached hydrogens (tertiary/aromatic N) is 2. The zero-order valence-corrected chi connectivity index (χ0v) is 13.9. The molecular weight excluding hydrogens is 409 g/mol. The minimum Gasteiger partial charge on any atom is -0.497 e. The summed E-state index contributed by atoms with van der Waals surface area (Å²) in [6, 6.07) is 6.94. The summed E-state index contributed by atoms with van der Waals surface area (Å²) < 4.78 is 6.55. The molecule has 8 heteroatoms. The van der Waals surface area contributed by atoms with Gasteiger partial charge in [-0.3, -0.25) is 14.2 Å². The number of halogens is 2. The Morgan fingerprint density at radius 3 is 3.00 bits per heavy atom. The van der Waals surface area contributed by atoms with Gasteiger partial charge in [-0.1, -0.05) is 17.7 Å². The van der Waals surface area contributed by atoms with Crippen molar-refractivity contribution in [1.29, 1.82) is 0 Å². The van der Waals surface area contributed by atoms with E-state index in [1.165, 1.54) is 10.9 Å². The minimum atomic E-state index is -0.351. The van der Waals surface area contributed by atoms with E-state index >= 15 is 0 Å². The maximum atomic E-state index is 12.0. The highest BCUT2D eigenvalue weighted by atomic mass is 127. The van der Waals surface area contributed by atoms with E-state index in [-0.39, 0.29) is 26.7 Å². The van der Waals surface area contributed by atoms with E-state index in [1.807, 2.05) is 0 Å². The number of hydrogen-bond acceptors (Lipinski definition) is 4. The molecule has 1 aromatic heterocycles. The van der Waals surface area contributed by atoms with E-state index in [1.54, 1.807) is 54.0 Å². The molecular formula is C13H11ClIN3O3. The van der Waals surface area contributed by atoms with Gasteiger partial charge < -0.3 is 10.1 Å². The van der Waals surface area contributed by atoms with E-state index < -0.39 is 0 Å². The van der Waals surface area contributed by atoms with Crippen molar-refractivity contribution in [1.82, 2.24) is 9.55 Å². The van der Waals surface area contributed by atoms with Crippen LogP contribution in [0.15, 0.2) is 35.4 Å². The third-order valence-corrected chi connectivity index (χ3v) is 4.19. The number of carbonyl (C=O) groups excluding carboxylic acids is 1. The molecule has 1 amide bonds. The summed E-state index contributed by atoms with van der Waals surface area (Å²) in [6.45, 7) is -0.143. The first-order chi connectivity index (χ1) is 10.0. The van der Waals surface area contributed by atoms with Crippen LogP contribution in [-0.2, 0) is 11.3 Å². The molecule has 0 bridgehead atoms. The molecule has 1 aromatic carbocycles. The molecule has 2 rings (SSSR count). The van der Waals surface area contributed by atoms with Gasteiger partial charge in [0.1, 0.15) is 21.0 Å². The van der Waals surface area contributed by atoms with E-state index in [2.05, 4.69) is 10.3 Å². The number of amides is 1. The molecule has 0 saturated heterocycles. The summed E-state index contributed by atoms with van der Waals surface area (Å²) in [7, 11) is 1.54. The van der Waals surface area contributed by atoms with Crippen LogP contribution in [-0.4, -0.2) is 22.6 Å². The fourth-order valence-electron chi connectivity index (χ4n) is 1.61. The molecule has 0 aliphatic carbocycles. The first-order valence-corrected chi connectivity index (χ1v) is 7.31. The lowest BCUT2D eigenvalue weighted by Crippen LogP contribution is -2.29. The third-order valence-electron chi connectivity index (χ3n) is 2.61. The molecule has 0 saturated carbocycles. The summed E-state index contributed by atoms with van der Waals surface area (Å²) in [4.78, 5) is 27.7. The highest BCUT2D eigenvalue weighted by molar-refractivity contribution is 14.1. The van der Waals surface area contributed by atoms with E-state index in [0.29, 0.717) is 11.4 Å². The van der Waals surface area contributed by atoms with Gasteiger partial charge in [0.25, 0.3) is 5.56 Å². The summed E-state index contributed by atoms with van der Waals surface area (Å²) in [5, 5.41) is 2.81. The second kappa shape index (κ2) is 6.90. The molecule has 1 N–H and O–H groups in total. The van der Waals surface area contributed by atoms with E-state index in [4.69, 9.17) is 16.3 Å². The third kappa shape index (κ3) is 3.94. The largest absolute Gasteiger partial charge is 0.497 e. The van der Waals surface area contributed by atoms with Crippen molar-refractivity contribution in [2.75, 3.05) is 12.4 Å². The predicted molar refractivity (Wildman–Crippen MR) is 87.8 cm³/mol. The van der Waals surface area contributed by atoms with Crippen LogP contribution in [0.1, 0.15) is 0 Å². The SMILES string of the molecule is COc1cccc(NC(=O)Cn2cnc(Cl)c(I)c2=O)c1. The predicted octanol–water partition coefficient (Wildman–Crippen LogP) is 2.15. The van der Waals surface area contributed by atoms with Gasteiger partial charge in [0.05, 0.1) is 13.4 Å². The maximum absolute atomic E-state index is 12.0.